The van der Waals surface area contributed by atoms with Gasteiger partial charge in [0, 0.05) is 6.54 Å². The smallest absolute Gasteiger partial charge is 0.312 e. The summed E-state index contributed by atoms with van der Waals surface area (Å²) in [7, 11) is 0. The highest BCUT2D eigenvalue weighted by Crippen LogP contribution is 2.23. The van der Waals surface area contributed by atoms with E-state index in [4.69, 9.17) is 27.7 Å². The van der Waals surface area contributed by atoms with Crippen LogP contribution in [-0.2, 0) is 6.54 Å². The predicted molar refractivity (Wildman–Crippen MR) is 64.3 cm³/mol. The van der Waals surface area contributed by atoms with Crippen molar-refractivity contribution in [3.05, 3.63) is 49.3 Å². The van der Waals surface area contributed by atoms with Crippen molar-refractivity contribution in [1.29, 1.82) is 0 Å². The highest BCUT2D eigenvalue weighted by atomic mass is 35.5. The Hall–Kier alpha value is -1.46. The summed E-state index contributed by atoms with van der Waals surface area (Å²) >= 11 is 11.6. The van der Waals surface area contributed by atoms with Gasteiger partial charge in [0.1, 0.15) is 0 Å². The molecule has 90 valence electrons. The Kier molecular flexibility index (Phi) is 3.13. The average Bonchev–Trinajstić information content (AvgIpc) is 2.58. The van der Waals surface area contributed by atoms with Crippen molar-refractivity contribution in [3.8, 4) is 5.69 Å². The maximum atomic E-state index is 11.8. The maximum absolute atomic E-state index is 11.8. The molecule has 0 N–H and O–H groups in total. The van der Waals surface area contributed by atoms with Crippen molar-refractivity contribution in [1.82, 2.24) is 9.31 Å². The molecule has 0 aliphatic heterocycles. The molecule has 17 heavy (non-hydrogen) atoms. The zero-order chi connectivity index (χ0) is 12.6. The Morgan fingerprint density at radius 3 is 2.47 bits per heavy atom. The van der Waals surface area contributed by atoms with Crippen molar-refractivity contribution in [2.75, 3.05) is 0 Å². The van der Waals surface area contributed by atoms with Crippen LogP contribution in [0.25, 0.3) is 5.69 Å². The van der Waals surface area contributed by atoms with Gasteiger partial charge >= 0.3 is 11.4 Å². The number of aromatic nitrogens is 2. The van der Waals surface area contributed by atoms with Crippen molar-refractivity contribution in [2.45, 2.75) is 13.5 Å². The minimum absolute atomic E-state index is 0.246. The summed E-state index contributed by atoms with van der Waals surface area (Å²) in [5, 5.41) is 0.642. The molecule has 0 bridgehead atoms. The third-order valence-electron chi connectivity index (χ3n) is 2.25. The first-order chi connectivity index (χ1) is 8.04. The van der Waals surface area contributed by atoms with Crippen LogP contribution in [0.5, 0.6) is 0 Å². The van der Waals surface area contributed by atoms with Gasteiger partial charge in [-0.25, -0.2) is 14.2 Å². The van der Waals surface area contributed by atoms with E-state index in [1.54, 1.807) is 13.0 Å². The van der Waals surface area contributed by atoms with Crippen molar-refractivity contribution < 1.29 is 4.52 Å². The lowest BCUT2D eigenvalue weighted by Gasteiger charge is -2.00. The fraction of sp³-hybridized carbons (Fsp3) is 0.200. The third kappa shape index (κ3) is 2.03. The van der Waals surface area contributed by atoms with Crippen LogP contribution in [0.15, 0.2) is 32.3 Å². The van der Waals surface area contributed by atoms with Gasteiger partial charge in [-0.3, -0.25) is 0 Å². The number of benzene rings is 1. The lowest BCUT2D eigenvalue weighted by atomic mass is 10.3. The molecule has 2 rings (SSSR count). The van der Waals surface area contributed by atoms with Gasteiger partial charge in [-0.15, -0.1) is 4.74 Å². The molecule has 0 fully saturated rings. The number of hydrogen-bond acceptors (Lipinski definition) is 3. The fourth-order valence-electron chi connectivity index (χ4n) is 1.39. The maximum Gasteiger partial charge on any atom is 0.443 e. The molecule has 0 saturated heterocycles. The van der Waals surface area contributed by atoms with Crippen molar-refractivity contribution >= 4 is 23.2 Å². The largest absolute Gasteiger partial charge is 0.443 e. The van der Waals surface area contributed by atoms with Crippen LogP contribution in [0.4, 0.5) is 0 Å². The van der Waals surface area contributed by atoms with Crippen LogP contribution < -0.4 is 11.4 Å². The van der Waals surface area contributed by atoms with Gasteiger partial charge in [0.2, 0.25) is 0 Å². The number of nitrogens with zero attached hydrogens (tertiary/aromatic N) is 2. The molecule has 2 aromatic rings. The van der Waals surface area contributed by atoms with Gasteiger partial charge in [-0.05, 0) is 25.1 Å². The van der Waals surface area contributed by atoms with E-state index in [-0.39, 0.29) is 11.6 Å². The van der Waals surface area contributed by atoms with Crippen molar-refractivity contribution in [3.63, 3.8) is 0 Å². The second-order valence-corrected chi connectivity index (χ2v) is 4.09. The summed E-state index contributed by atoms with van der Waals surface area (Å²) in [6.45, 7) is 1.92. The molecule has 0 amide bonds. The van der Waals surface area contributed by atoms with Crippen LogP contribution in [-0.4, -0.2) is 9.31 Å². The van der Waals surface area contributed by atoms with Gasteiger partial charge < -0.3 is 4.52 Å². The summed E-state index contributed by atoms with van der Waals surface area (Å²) in [6.07, 6.45) is 0. The molecule has 0 unspecified atom stereocenters. The van der Waals surface area contributed by atoms with Crippen molar-refractivity contribution in [2.24, 2.45) is 0 Å². The quantitative estimate of drug-likeness (QED) is 0.841. The molecular formula is C10H8Cl2N2O3. The first kappa shape index (κ1) is 12.0. The molecule has 1 aromatic carbocycles. The van der Waals surface area contributed by atoms with Gasteiger partial charge in [-0.2, -0.15) is 0 Å². The molecule has 0 aliphatic rings. The molecule has 1 aromatic heterocycles. The first-order valence-electron chi connectivity index (χ1n) is 4.83. The molecule has 0 spiro atoms. The zero-order valence-corrected chi connectivity index (χ0v) is 10.3. The minimum Gasteiger partial charge on any atom is -0.312 e. The van der Waals surface area contributed by atoms with Crippen LogP contribution in [0.1, 0.15) is 6.92 Å². The zero-order valence-electron chi connectivity index (χ0n) is 8.81. The van der Waals surface area contributed by atoms with E-state index in [2.05, 4.69) is 0 Å². The Bertz CT molecular complexity index is 669. The standard InChI is InChI=1S/C10H8Cl2N2O3/c1-2-13-9(15)14(17-10(13)16)6-3-4-7(11)8(12)5-6/h3-5H,2H2,1H3. The monoisotopic (exact) mass is 274 g/mol. The van der Waals surface area contributed by atoms with Crippen LogP contribution in [0.3, 0.4) is 0 Å². The van der Waals surface area contributed by atoms with E-state index >= 15 is 0 Å². The third-order valence-corrected chi connectivity index (χ3v) is 2.99. The van der Waals surface area contributed by atoms with E-state index in [1.807, 2.05) is 0 Å². The Morgan fingerprint density at radius 1 is 1.24 bits per heavy atom. The molecule has 5 nitrogen and oxygen atoms in total. The summed E-state index contributed by atoms with van der Waals surface area (Å²) in [5.41, 5.74) is -0.190. The van der Waals surface area contributed by atoms with Crippen LogP contribution in [0, 0.1) is 0 Å². The number of hydrogen-bond donors (Lipinski definition) is 0. The van der Waals surface area contributed by atoms with Gasteiger partial charge in [0.15, 0.2) is 0 Å². The Balaban J connectivity index is 2.65. The number of rotatable bonds is 2. The van der Waals surface area contributed by atoms with Gasteiger partial charge in [0.05, 0.1) is 15.7 Å². The lowest BCUT2D eigenvalue weighted by molar-refractivity contribution is 0.311. The summed E-state index contributed by atoms with van der Waals surface area (Å²) in [6, 6.07) is 4.52. The Morgan fingerprint density at radius 2 is 1.94 bits per heavy atom. The normalized spacial score (nSPS) is 10.8. The molecular weight excluding hydrogens is 267 g/mol. The summed E-state index contributed by atoms with van der Waals surface area (Å²) in [4.78, 5) is 23.1. The molecule has 0 radical (unpaired) electrons. The van der Waals surface area contributed by atoms with E-state index in [0.717, 1.165) is 9.31 Å². The summed E-state index contributed by atoms with van der Waals surface area (Å²) < 4.78 is 6.68. The minimum atomic E-state index is -0.705. The highest BCUT2D eigenvalue weighted by molar-refractivity contribution is 6.42. The highest BCUT2D eigenvalue weighted by Gasteiger charge is 2.12. The van der Waals surface area contributed by atoms with Gasteiger partial charge in [-0.1, -0.05) is 23.2 Å². The molecule has 0 aliphatic carbocycles. The molecule has 0 atom stereocenters. The molecule has 7 heteroatoms. The number of halogens is 2. The van der Waals surface area contributed by atoms with Crippen LogP contribution >= 0.6 is 23.2 Å². The van der Waals surface area contributed by atoms with E-state index in [1.165, 1.54) is 12.1 Å². The second-order valence-electron chi connectivity index (χ2n) is 3.28. The lowest BCUT2D eigenvalue weighted by Crippen LogP contribution is -2.27. The Labute approximate surface area is 106 Å². The van der Waals surface area contributed by atoms with Gasteiger partial charge in [0.25, 0.3) is 0 Å². The second kappa shape index (κ2) is 4.43. The van der Waals surface area contributed by atoms with E-state index in [9.17, 15) is 9.59 Å². The van der Waals surface area contributed by atoms with E-state index in [0.29, 0.717) is 10.7 Å². The first-order valence-corrected chi connectivity index (χ1v) is 5.58. The predicted octanol–water partition coefficient (Wildman–Crippen LogP) is 1.92. The molecule has 1 heterocycles. The molecule has 0 saturated carbocycles. The SMILES string of the molecule is CCn1c(=O)on(-c2ccc(Cl)c(Cl)c2)c1=O. The topological polar surface area (TPSA) is 57.1 Å². The summed E-state index contributed by atoms with van der Waals surface area (Å²) in [5.74, 6) is -0.705. The average molecular weight is 275 g/mol. The van der Waals surface area contributed by atoms with Crippen LogP contribution in [0.2, 0.25) is 10.0 Å². The van der Waals surface area contributed by atoms with E-state index < -0.39 is 11.4 Å². The fourth-order valence-corrected chi connectivity index (χ4v) is 1.69.